The average Bonchev–Trinajstić information content (AvgIpc) is 2.97. The molecule has 4 nitrogen and oxygen atoms in total. The van der Waals surface area contributed by atoms with Crippen molar-refractivity contribution in [2.24, 2.45) is 5.41 Å². The van der Waals surface area contributed by atoms with Crippen LogP contribution < -0.4 is 5.32 Å². The number of amides is 1. The summed E-state index contributed by atoms with van der Waals surface area (Å²) in [5, 5.41) is 3.64. The van der Waals surface area contributed by atoms with E-state index in [0.29, 0.717) is 29.5 Å². The fourth-order valence-corrected chi connectivity index (χ4v) is 5.09. The van der Waals surface area contributed by atoms with Gasteiger partial charge in [-0.2, -0.15) is 0 Å². The van der Waals surface area contributed by atoms with Crippen molar-refractivity contribution < 1.29 is 14.3 Å². The van der Waals surface area contributed by atoms with E-state index in [0.717, 1.165) is 24.8 Å². The SMILES string of the molecule is CCOC(=O)c1c(NC(=O)CC(C)(C)C)sc2c1CC[C@@H](c1ccccc1)C2. The molecule has 1 atom stereocenters. The summed E-state index contributed by atoms with van der Waals surface area (Å²) in [5.41, 5.74) is 2.85. The van der Waals surface area contributed by atoms with E-state index in [9.17, 15) is 9.59 Å². The molecule has 1 aromatic carbocycles. The third kappa shape index (κ3) is 4.82. The minimum atomic E-state index is -0.329. The van der Waals surface area contributed by atoms with Crippen molar-refractivity contribution >= 4 is 28.2 Å². The Morgan fingerprint density at radius 1 is 1.21 bits per heavy atom. The van der Waals surface area contributed by atoms with Crippen LogP contribution >= 0.6 is 11.3 Å². The van der Waals surface area contributed by atoms with Gasteiger partial charge in [0.15, 0.2) is 0 Å². The van der Waals surface area contributed by atoms with E-state index >= 15 is 0 Å². The van der Waals surface area contributed by atoms with Gasteiger partial charge in [0.05, 0.1) is 12.2 Å². The van der Waals surface area contributed by atoms with Gasteiger partial charge in [-0.15, -0.1) is 11.3 Å². The standard InChI is InChI=1S/C23H29NO3S/c1-5-27-22(26)20-17-12-11-16(15-9-7-6-8-10-15)13-18(17)28-21(20)24-19(25)14-23(2,3)4/h6-10,16H,5,11-14H2,1-4H3,(H,24,25)/t16-/m1/s1. The quantitative estimate of drug-likeness (QED) is 0.669. The van der Waals surface area contributed by atoms with Crippen molar-refractivity contribution in [2.45, 2.75) is 59.3 Å². The zero-order valence-electron chi connectivity index (χ0n) is 17.1. The number of nitrogens with one attached hydrogen (secondary N) is 1. The van der Waals surface area contributed by atoms with E-state index in [1.165, 1.54) is 21.8 Å². The molecule has 3 rings (SSSR count). The summed E-state index contributed by atoms with van der Waals surface area (Å²) in [6.07, 6.45) is 3.13. The van der Waals surface area contributed by atoms with Gasteiger partial charge in [0.25, 0.3) is 0 Å². The van der Waals surface area contributed by atoms with Crippen molar-refractivity contribution in [3.63, 3.8) is 0 Å². The van der Waals surface area contributed by atoms with E-state index in [1.807, 2.05) is 26.8 Å². The van der Waals surface area contributed by atoms with Crippen LogP contribution in [-0.4, -0.2) is 18.5 Å². The molecule has 1 heterocycles. The second-order valence-corrected chi connectivity index (χ2v) is 9.67. The molecule has 0 unspecified atom stereocenters. The van der Waals surface area contributed by atoms with Crippen molar-refractivity contribution in [3.05, 3.63) is 51.9 Å². The van der Waals surface area contributed by atoms with Gasteiger partial charge in [-0.1, -0.05) is 51.1 Å². The molecule has 0 aliphatic heterocycles. The van der Waals surface area contributed by atoms with Crippen molar-refractivity contribution in [2.75, 3.05) is 11.9 Å². The molecule has 0 fully saturated rings. The largest absolute Gasteiger partial charge is 0.462 e. The maximum absolute atomic E-state index is 12.6. The number of carbonyl (C=O) groups excluding carboxylic acids is 2. The molecule has 1 N–H and O–H groups in total. The number of ether oxygens (including phenoxy) is 1. The van der Waals surface area contributed by atoms with Gasteiger partial charge >= 0.3 is 5.97 Å². The summed E-state index contributed by atoms with van der Waals surface area (Å²) in [4.78, 5) is 26.3. The third-order valence-corrected chi connectivity index (χ3v) is 6.13. The predicted octanol–water partition coefficient (Wildman–Crippen LogP) is 5.57. The molecule has 1 aliphatic carbocycles. The number of carbonyl (C=O) groups is 2. The number of hydrogen-bond acceptors (Lipinski definition) is 4. The van der Waals surface area contributed by atoms with Crippen LogP contribution in [0.5, 0.6) is 0 Å². The number of thiophene rings is 1. The van der Waals surface area contributed by atoms with E-state index in [-0.39, 0.29) is 17.3 Å². The van der Waals surface area contributed by atoms with Gasteiger partial charge in [0, 0.05) is 11.3 Å². The summed E-state index contributed by atoms with van der Waals surface area (Å²) < 4.78 is 5.30. The fourth-order valence-electron chi connectivity index (χ4n) is 3.76. The minimum absolute atomic E-state index is 0.0590. The number of hydrogen-bond donors (Lipinski definition) is 1. The molecule has 28 heavy (non-hydrogen) atoms. The first-order valence-corrected chi connectivity index (χ1v) is 10.8. The maximum Gasteiger partial charge on any atom is 0.341 e. The minimum Gasteiger partial charge on any atom is -0.462 e. The van der Waals surface area contributed by atoms with Crippen LogP contribution in [0.1, 0.15) is 72.8 Å². The number of rotatable bonds is 5. The first-order valence-electron chi connectivity index (χ1n) is 9.95. The Morgan fingerprint density at radius 3 is 2.57 bits per heavy atom. The van der Waals surface area contributed by atoms with Crippen LogP contribution in [0, 0.1) is 5.41 Å². The molecular weight excluding hydrogens is 370 g/mol. The van der Waals surface area contributed by atoms with Crippen LogP contribution in [-0.2, 0) is 22.4 Å². The van der Waals surface area contributed by atoms with E-state index in [2.05, 4.69) is 29.6 Å². The third-order valence-electron chi connectivity index (χ3n) is 4.96. The average molecular weight is 400 g/mol. The summed E-state index contributed by atoms with van der Waals surface area (Å²) in [6.45, 7) is 8.22. The number of fused-ring (bicyclic) bond motifs is 1. The van der Waals surface area contributed by atoms with Crippen LogP contribution in [0.15, 0.2) is 30.3 Å². The van der Waals surface area contributed by atoms with Gasteiger partial charge in [0.2, 0.25) is 5.91 Å². The lowest BCUT2D eigenvalue weighted by atomic mass is 9.83. The van der Waals surface area contributed by atoms with Gasteiger partial charge in [-0.05, 0) is 48.6 Å². The first kappa shape index (κ1) is 20.6. The molecule has 1 amide bonds. The Hall–Kier alpha value is -2.14. The van der Waals surface area contributed by atoms with Crippen LogP contribution in [0.4, 0.5) is 5.00 Å². The van der Waals surface area contributed by atoms with Gasteiger partial charge in [0.1, 0.15) is 5.00 Å². The molecule has 2 aromatic rings. The van der Waals surface area contributed by atoms with E-state index < -0.39 is 0 Å². The Bertz CT molecular complexity index is 849. The zero-order chi connectivity index (χ0) is 20.3. The molecule has 1 aliphatic rings. The highest BCUT2D eigenvalue weighted by Crippen LogP contribution is 2.43. The summed E-state index contributed by atoms with van der Waals surface area (Å²) in [7, 11) is 0. The molecule has 0 spiro atoms. The molecule has 0 bridgehead atoms. The molecule has 5 heteroatoms. The van der Waals surface area contributed by atoms with Crippen LogP contribution in [0.25, 0.3) is 0 Å². The van der Waals surface area contributed by atoms with Crippen molar-refractivity contribution in [3.8, 4) is 0 Å². The lowest BCUT2D eigenvalue weighted by molar-refractivity contribution is -0.117. The first-order chi connectivity index (χ1) is 13.3. The monoisotopic (exact) mass is 399 g/mol. The summed E-state index contributed by atoms with van der Waals surface area (Å²) in [6, 6.07) is 10.5. The summed E-state index contributed by atoms with van der Waals surface area (Å²) in [5.74, 6) is 0.0565. The normalized spacial score (nSPS) is 16.4. The van der Waals surface area contributed by atoms with E-state index in [1.54, 1.807) is 6.92 Å². The topological polar surface area (TPSA) is 55.4 Å². The zero-order valence-corrected chi connectivity index (χ0v) is 17.9. The molecule has 1 aromatic heterocycles. The highest BCUT2D eigenvalue weighted by molar-refractivity contribution is 7.17. The number of anilines is 1. The second kappa shape index (κ2) is 8.48. The summed E-state index contributed by atoms with van der Waals surface area (Å²) >= 11 is 1.54. The Kier molecular flexibility index (Phi) is 6.23. The van der Waals surface area contributed by atoms with Crippen molar-refractivity contribution in [1.29, 1.82) is 0 Å². The Balaban J connectivity index is 1.89. The highest BCUT2D eigenvalue weighted by atomic mass is 32.1. The van der Waals surface area contributed by atoms with Crippen molar-refractivity contribution in [1.82, 2.24) is 0 Å². The second-order valence-electron chi connectivity index (χ2n) is 8.56. The van der Waals surface area contributed by atoms with Gasteiger partial charge in [-0.3, -0.25) is 4.79 Å². The lowest BCUT2D eigenvalue weighted by Gasteiger charge is -2.23. The van der Waals surface area contributed by atoms with E-state index in [4.69, 9.17) is 4.74 Å². The number of esters is 1. The highest BCUT2D eigenvalue weighted by Gasteiger charge is 2.31. The predicted molar refractivity (Wildman–Crippen MR) is 114 cm³/mol. The molecular formula is C23H29NO3S. The molecule has 150 valence electrons. The lowest BCUT2D eigenvalue weighted by Crippen LogP contribution is -2.21. The Labute approximate surface area is 171 Å². The van der Waals surface area contributed by atoms with Crippen LogP contribution in [0.2, 0.25) is 0 Å². The smallest absolute Gasteiger partial charge is 0.341 e. The molecule has 0 saturated carbocycles. The molecule has 0 saturated heterocycles. The van der Waals surface area contributed by atoms with Gasteiger partial charge < -0.3 is 10.1 Å². The maximum atomic E-state index is 12.6. The molecule has 0 radical (unpaired) electrons. The number of benzene rings is 1. The Morgan fingerprint density at radius 2 is 1.93 bits per heavy atom. The van der Waals surface area contributed by atoms with Gasteiger partial charge in [-0.25, -0.2) is 4.79 Å². The fraction of sp³-hybridized carbons (Fsp3) is 0.478. The van der Waals surface area contributed by atoms with Crippen LogP contribution in [0.3, 0.4) is 0 Å².